The van der Waals surface area contributed by atoms with E-state index in [1.54, 1.807) is 13.4 Å². The van der Waals surface area contributed by atoms with Gasteiger partial charge in [-0.2, -0.15) is 9.97 Å². The average Bonchev–Trinajstić information content (AvgIpc) is 3.38. The number of aliphatic hydroxyl groups is 1. The first kappa shape index (κ1) is 20.6. The molecule has 2 aromatic heterocycles. The number of morpholine rings is 1. The number of nitrogens with zero attached hydrogens (tertiary/aromatic N) is 6. The zero-order valence-electron chi connectivity index (χ0n) is 18.2. The summed E-state index contributed by atoms with van der Waals surface area (Å²) in [6.45, 7) is 5.60. The number of rotatable bonds is 5. The number of ether oxygens (including phenoxy) is 2. The van der Waals surface area contributed by atoms with E-state index in [-0.39, 0.29) is 12.6 Å². The van der Waals surface area contributed by atoms with Crippen molar-refractivity contribution in [3.8, 4) is 17.0 Å². The molecule has 166 valence electrons. The van der Waals surface area contributed by atoms with Crippen LogP contribution in [0.25, 0.3) is 22.3 Å². The van der Waals surface area contributed by atoms with Gasteiger partial charge in [-0.25, -0.2) is 4.98 Å². The molecule has 9 nitrogen and oxygen atoms in total. The highest BCUT2D eigenvalue weighted by atomic mass is 16.5. The van der Waals surface area contributed by atoms with Gasteiger partial charge in [0.1, 0.15) is 11.6 Å². The van der Waals surface area contributed by atoms with E-state index >= 15 is 0 Å². The van der Waals surface area contributed by atoms with E-state index in [1.807, 2.05) is 35.2 Å². The minimum Gasteiger partial charge on any atom is -0.496 e. The molecule has 5 rings (SSSR count). The zero-order valence-corrected chi connectivity index (χ0v) is 18.2. The number of methoxy groups -OCH3 is 1. The van der Waals surface area contributed by atoms with Crippen molar-refractivity contribution in [1.29, 1.82) is 0 Å². The zero-order chi connectivity index (χ0) is 22.1. The first-order chi connectivity index (χ1) is 15.7. The number of aliphatic imine (C=N–C) groups is 1. The minimum atomic E-state index is -0.107. The van der Waals surface area contributed by atoms with Crippen LogP contribution in [0.5, 0.6) is 5.75 Å². The molecule has 2 aliphatic rings. The maximum atomic E-state index is 9.70. The topological polar surface area (TPSA) is 96.2 Å². The fourth-order valence-electron chi connectivity index (χ4n) is 4.13. The van der Waals surface area contributed by atoms with E-state index in [4.69, 9.17) is 24.4 Å². The van der Waals surface area contributed by atoms with Crippen LogP contribution in [-0.4, -0.2) is 72.4 Å². The van der Waals surface area contributed by atoms with Gasteiger partial charge in [0.25, 0.3) is 0 Å². The van der Waals surface area contributed by atoms with Gasteiger partial charge in [-0.1, -0.05) is 0 Å². The molecule has 0 aliphatic carbocycles. The summed E-state index contributed by atoms with van der Waals surface area (Å²) in [5, 5.41) is 10.6. The average molecular weight is 435 g/mol. The van der Waals surface area contributed by atoms with Gasteiger partial charge >= 0.3 is 0 Å². The van der Waals surface area contributed by atoms with Gasteiger partial charge in [-0.3, -0.25) is 9.89 Å². The third-order valence-corrected chi connectivity index (χ3v) is 5.86. The van der Waals surface area contributed by atoms with Gasteiger partial charge in [0.05, 0.1) is 56.9 Å². The van der Waals surface area contributed by atoms with Gasteiger partial charge < -0.3 is 19.5 Å². The van der Waals surface area contributed by atoms with Crippen molar-refractivity contribution in [3.63, 3.8) is 0 Å². The Morgan fingerprint density at radius 3 is 2.81 bits per heavy atom. The van der Waals surface area contributed by atoms with Crippen LogP contribution in [-0.2, 0) is 11.3 Å². The molecule has 0 amide bonds. The maximum absolute atomic E-state index is 9.70. The van der Waals surface area contributed by atoms with Crippen molar-refractivity contribution < 1.29 is 14.6 Å². The normalized spacial score (nSPS) is 18.5. The number of benzene rings is 1. The standard InChI is InChI=1S/C23H26N6O3/c1-15-13-32-10-9-29(15)22-18-4-5-19(16-3-6-20(31-2)17(11-16)12-30)25-21(18)26-23(27-22)28-8-7-24-14-28/h3-6,11,14-15,30H,7-10,12-13H2,1-2H3/t15-/m0/s1. The molecule has 0 spiro atoms. The maximum Gasteiger partial charge on any atom is 0.234 e. The number of aromatic nitrogens is 3. The van der Waals surface area contributed by atoms with Crippen LogP contribution in [0.15, 0.2) is 35.3 Å². The van der Waals surface area contributed by atoms with Crippen LogP contribution in [0.1, 0.15) is 12.5 Å². The fourth-order valence-corrected chi connectivity index (χ4v) is 4.13. The van der Waals surface area contributed by atoms with E-state index in [9.17, 15) is 5.11 Å². The van der Waals surface area contributed by atoms with Gasteiger partial charge in [0, 0.05) is 24.2 Å². The van der Waals surface area contributed by atoms with Crippen LogP contribution >= 0.6 is 0 Å². The first-order valence-electron chi connectivity index (χ1n) is 10.8. The number of anilines is 2. The fraction of sp³-hybridized carbons (Fsp3) is 0.391. The quantitative estimate of drug-likeness (QED) is 0.653. The Morgan fingerprint density at radius 2 is 2.06 bits per heavy atom. The number of aliphatic hydroxyl groups excluding tert-OH is 1. The summed E-state index contributed by atoms with van der Waals surface area (Å²) in [5.74, 6) is 2.12. The molecule has 1 saturated heterocycles. The Morgan fingerprint density at radius 1 is 1.16 bits per heavy atom. The molecule has 1 N–H and O–H groups in total. The Labute approximate surface area is 186 Å². The third-order valence-electron chi connectivity index (χ3n) is 5.86. The van der Waals surface area contributed by atoms with Gasteiger partial charge in [0.15, 0.2) is 5.65 Å². The van der Waals surface area contributed by atoms with Gasteiger partial charge in [-0.15, -0.1) is 0 Å². The predicted octanol–water partition coefficient (Wildman–Crippen LogP) is 2.27. The van der Waals surface area contributed by atoms with Crippen LogP contribution in [0.2, 0.25) is 0 Å². The summed E-state index contributed by atoms with van der Waals surface area (Å²) >= 11 is 0. The molecule has 4 heterocycles. The highest BCUT2D eigenvalue weighted by Crippen LogP contribution is 2.31. The Hall–Kier alpha value is -3.30. The van der Waals surface area contributed by atoms with Crippen molar-refractivity contribution >= 4 is 29.1 Å². The summed E-state index contributed by atoms with van der Waals surface area (Å²) in [7, 11) is 1.59. The molecule has 0 saturated carbocycles. The SMILES string of the molecule is COc1ccc(-c2ccc3c(N4CCOC[C@@H]4C)nc(N4C=NCC4)nc3n2)cc1CO. The molecule has 3 aromatic rings. The van der Waals surface area contributed by atoms with Crippen LogP contribution in [0.3, 0.4) is 0 Å². The Kier molecular flexibility index (Phi) is 5.59. The molecule has 2 aliphatic heterocycles. The molecular formula is C23H26N6O3. The minimum absolute atomic E-state index is 0.107. The predicted molar refractivity (Wildman–Crippen MR) is 124 cm³/mol. The van der Waals surface area contributed by atoms with Crippen molar-refractivity contribution in [3.05, 3.63) is 35.9 Å². The summed E-state index contributed by atoms with van der Waals surface area (Å²) in [6.07, 6.45) is 1.79. The summed E-state index contributed by atoms with van der Waals surface area (Å²) in [6, 6.07) is 9.88. The van der Waals surface area contributed by atoms with E-state index in [2.05, 4.69) is 16.8 Å². The summed E-state index contributed by atoms with van der Waals surface area (Å²) in [5.41, 5.74) is 3.01. The van der Waals surface area contributed by atoms with Crippen molar-refractivity contribution in [2.24, 2.45) is 4.99 Å². The summed E-state index contributed by atoms with van der Waals surface area (Å²) < 4.78 is 11.0. The molecule has 32 heavy (non-hydrogen) atoms. The van der Waals surface area contributed by atoms with E-state index in [1.165, 1.54) is 0 Å². The molecular weight excluding hydrogens is 408 g/mol. The van der Waals surface area contributed by atoms with E-state index in [0.29, 0.717) is 36.1 Å². The molecule has 9 heteroatoms. The number of fused-ring (bicyclic) bond motifs is 1. The molecule has 0 bridgehead atoms. The highest BCUT2D eigenvalue weighted by Gasteiger charge is 2.25. The van der Waals surface area contributed by atoms with Crippen molar-refractivity contribution in [1.82, 2.24) is 15.0 Å². The highest BCUT2D eigenvalue weighted by molar-refractivity contribution is 5.91. The molecule has 0 radical (unpaired) electrons. The van der Waals surface area contributed by atoms with Crippen molar-refractivity contribution in [2.45, 2.75) is 19.6 Å². The smallest absolute Gasteiger partial charge is 0.234 e. The van der Waals surface area contributed by atoms with E-state index in [0.717, 1.165) is 42.1 Å². The van der Waals surface area contributed by atoms with Gasteiger partial charge in [0.2, 0.25) is 5.95 Å². The van der Waals surface area contributed by atoms with E-state index < -0.39 is 0 Å². The largest absolute Gasteiger partial charge is 0.496 e. The molecule has 1 fully saturated rings. The van der Waals surface area contributed by atoms with Crippen LogP contribution < -0.4 is 14.5 Å². The van der Waals surface area contributed by atoms with Gasteiger partial charge in [-0.05, 0) is 37.3 Å². The van der Waals surface area contributed by atoms with Crippen LogP contribution in [0.4, 0.5) is 11.8 Å². The molecule has 1 atom stereocenters. The summed E-state index contributed by atoms with van der Waals surface area (Å²) in [4.78, 5) is 23.1. The lowest BCUT2D eigenvalue weighted by Gasteiger charge is -2.35. The number of pyridine rings is 1. The lowest BCUT2D eigenvalue weighted by Crippen LogP contribution is -2.44. The third kappa shape index (κ3) is 3.74. The lowest BCUT2D eigenvalue weighted by atomic mass is 10.1. The molecule has 0 unspecified atom stereocenters. The lowest BCUT2D eigenvalue weighted by molar-refractivity contribution is 0.0987. The Bertz CT molecular complexity index is 1170. The Balaban J connectivity index is 1.64. The van der Waals surface area contributed by atoms with Crippen molar-refractivity contribution in [2.75, 3.05) is 49.8 Å². The number of hydrogen-bond acceptors (Lipinski definition) is 9. The van der Waals surface area contributed by atoms with Crippen LogP contribution in [0, 0.1) is 0 Å². The second-order valence-electron chi connectivity index (χ2n) is 7.93. The number of hydrogen-bond donors (Lipinski definition) is 1. The first-order valence-corrected chi connectivity index (χ1v) is 10.8. The second-order valence-corrected chi connectivity index (χ2v) is 7.93. The second kappa shape index (κ2) is 8.68. The monoisotopic (exact) mass is 434 g/mol. The molecule has 1 aromatic carbocycles.